The van der Waals surface area contributed by atoms with Gasteiger partial charge in [-0.05, 0) is 112 Å². The zero-order valence-corrected chi connectivity index (χ0v) is 35.4. The molecule has 0 amide bonds. The van der Waals surface area contributed by atoms with Gasteiger partial charge in [0, 0.05) is 12.8 Å². The third-order valence-corrected chi connectivity index (χ3v) is 12.7. The second-order valence-electron chi connectivity index (χ2n) is 15.9. The second-order valence-corrected chi connectivity index (χ2v) is 20.1. The molecule has 52 heavy (non-hydrogen) atoms. The Morgan fingerprint density at radius 1 is 0.519 bits per heavy atom. The van der Waals surface area contributed by atoms with E-state index in [9.17, 15) is 4.79 Å². The zero-order chi connectivity index (χ0) is 38.4. The zero-order valence-electron chi connectivity index (χ0n) is 33.4. The number of hydrogen-bond acceptors (Lipinski definition) is 5. The van der Waals surface area contributed by atoms with Crippen molar-refractivity contribution in [1.29, 1.82) is 0 Å². The predicted molar refractivity (Wildman–Crippen MR) is 225 cm³/mol. The van der Waals surface area contributed by atoms with Crippen molar-refractivity contribution in [3.63, 3.8) is 0 Å². The number of carbonyl (C=O) groups excluding carboxylic acids is 1. The van der Waals surface area contributed by atoms with Gasteiger partial charge in [0.05, 0.1) is 35.5 Å². The Labute approximate surface area is 317 Å². The van der Waals surface area contributed by atoms with Crippen LogP contribution in [0.4, 0.5) is 0 Å². The Morgan fingerprint density at radius 3 is 1.25 bits per heavy atom. The highest BCUT2D eigenvalue weighted by Gasteiger charge is 2.48. The highest BCUT2D eigenvalue weighted by molar-refractivity contribution is 7.69. The van der Waals surface area contributed by atoms with Crippen LogP contribution in [0.1, 0.15) is 95.9 Å². The van der Waals surface area contributed by atoms with Crippen LogP contribution in [0.2, 0.25) is 0 Å². The molecule has 1 heterocycles. The summed E-state index contributed by atoms with van der Waals surface area (Å²) in [6.07, 6.45) is 1.63. The topological polar surface area (TPSA) is 54.0 Å². The molecule has 0 N–H and O–H groups in total. The summed E-state index contributed by atoms with van der Waals surface area (Å²) < 4.78 is 24.5. The minimum absolute atomic E-state index is 0.0612. The van der Waals surface area contributed by atoms with Crippen molar-refractivity contribution in [3.05, 3.63) is 84.9 Å². The largest absolute Gasteiger partial charge is 0.490 e. The van der Waals surface area contributed by atoms with Crippen molar-refractivity contribution in [2.75, 3.05) is 0 Å². The first-order valence-electron chi connectivity index (χ1n) is 18.6. The summed E-state index contributed by atoms with van der Waals surface area (Å²) in [6, 6.07) is 28.9. The SMILES string of the molecule is CC(C)Oc1cccc(OC(C)C)c1-c1ccccc1P.CC(C)Oc1cccc(OC(C)C)c1-c1ccccc1P1C(C)(C)CC(=O)CC1(C)C. The fraction of sp³-hybridized carbons (Fsp3) is 0.444. The van der Waals surface area contributed by atoms with Crippen molar-refractivity contribution >= 4 is 33.6 Å². The first-order valence-corrected chi connectivity index (χ1v) is 20.5. The van der Waals surface area contributed by atoms with Crippen molar-refractivity contribution < 1.29 is 23.7 Å². The van der Waals surface area contributed by atoms with Gasteiger partial charge in [-0.15, -0.1) is 9.24 Å². The number of ketones is 1. The number of benzene rings is 4. The van der Waals surface area contributed by atoms with E-state index < -0.39 is 7.92 Å². The molecule has 1 aliphatic rings. The minimum Gasteiger partial charge on any atom is -0.490 e. The molecule has 5 nitrogen and oxygen atoms in total. The van der Waals surface area contributed by atoms with Gasteiger partial charge in [-0.25, -0.2) is 0 Å². The van der Waals surface area contributed by atoms with E-state index in [4.69, 9.17) is 18.9 Å². The summed E-state index contributed by atoms with van der Waals surface area (Å²) in [6.45, 7) is 25.4. The molecular formula is C45H60O5P2. The number of rotatable bonds is 11. The van der Waals surface area contributed by atoms with E-state index in [1.165, 1.54) is 5.30 Å². The van der Waals surface area contributed by atoms with Gasteiger partial charge in [-0.1, -0.05) is 96.3 Å². The molecule has 7 heteroatoms. The Hall–Kier alpha value is -3.39. The molecule has 280 valence electrons. The van der Waals surface area contributed by atoms with Crippen molar-refractivity contribution in [1.82, 2.24) is 0 Å². The molecule has 0 aromatic heterocycles. The van der Waals surface area contributed by atoms with Crippen molar-refractivity contribution in [2.45, 2.75) is 131 Å². The van der Waals surface area contributed by atoms with Crippen LogP contribution in [0.15, 0.2) is 84.9 Å². The molecule has 0 saturated carbocycles. The predicted octanol–water partition coefficient (Wildman–Crippen LogP) is 11.4. The van der Waals surface area contributed by atoms with Gasteiger partial charge in [-0.3, -0.25) is 4.79 Å². The minimum atomic E-state index is -0.622. The molecule has 1 atom stereocenters. The van der Waals surface area contributed by atoms with Crippen molar-refractivity contribution in [3.8, 4) is 45.3 Å². The summed E-state index contributed by atoms with van der Waals surface area (Å²) >= 11 is 0. The Balaban J connectivity index is 0.000000251. The maximum absolute atomic E-state index is 12.5. The van der Waals surface area contributed by atoms with Crippen LogP contribution in [0, 0.1) is 0 Å². The standard InChI is InChI=1S/C27H37O3P.C18H23O2P/c1-18(2)29-22-13-11-14-23(30-19(3)4)25(22)21-12-9-10-15-24(21)31-26(5,6)16-20(28)17-27(31,7)8;1-12(2)19-15-9-7-10-16(20-13(3)4)18(15)14-8-5-6-11-17(14)21/h9-15,18-19H,16-17H2,1-8H3;5-13H,21H2,1-4H3. The molecule has 1 aliphatic heterocycles. The molecule has 1 saturated heterocycles. The summed E-state index contributed by atoms with van der Waals surface area (Å²) in [4.78, 5) is 12.5. The maximum atomic E-state index is 12.5. The average molecular weight is 743 g/mol. The first-order chi connectivity index (χ1) is 24.4. The number of Topliss-reactive ketones (excluding diaryl/α,β-unsaturated/α-hetero) is 1. The van der Waals surface area contributed by atoms with E-state index in [1.54, 1.807) is 0 Å². The highest BCUT2D eigenvalue weighted by Crippen LogP contribution is 2.65. The Morgan fingerprint density at radius 2 is 0.865 bits per heavy atom. The van der Waals surface area contributed by atoms with Crippen LogP contribution in [-0.4, -0.2) is 40.5 Å². The van der Waals surface area contributed by atoms with Gasteiger partial charge in [0.2, 0.25) is 0 Å². The van der Waals surface area contributed by atoms with Gasteiger partial charge in [0.1, 0.15) is 28.8 Å². The molecule has 4 aromatic carbocycles. The molecule has 0 spiro atoms. The Kier molecular flexibility index (Phi) is 14.0. The Bertz CT molecular complexity index is 1730. The number of hydrogen-bond donors (Lipinski definition) is 0. The summed E-state index contributed by atoms with van der Waals surface area (Å²) in [5.41, 5.74) is 4.32. The smallest absolute Gasteiger partial charge is 0.134 e. The van der Waals surface area contributed by atoms with Crippen LogP contribution in [-0.2, 0) is 4.79 Å². The lowest BCUT2D eigenvalue weighted by atomic mass is 9.96. The molecule has 0 radical (unpaired) electrons. The average Bonchev–Trinajstić information content (AvgIpc) is 3.00. The van der Waals surface area contributed by atoms with E-state index >= 15 is 0 Å². The van der Waals surface area contributed by atoms with Crippen LogP contribution in [0.25, 0.3) is 22.3 Å². The summed E-state index contributed by atoms with van der Waals surface area (Å²) in [7, 11) is 2.16. The quantitative estimate of drug-likeness (QED) is 0.143. The molecular weight excluding hydrogens is 682 g/mol. The fourth-order valence-electron chi connectivity index (χ4n) is 7.22. The lowest BCUT2D eigenvalue weighted by Crippen LogP contribution is -2.43. The van der Waals surface area contributed by atoms with Crippen molar-refractivity contribution in [2.24, 2.45) is 0 Å². The van der Waals surface area contributed by atoms with Crippen LogP contribution < -0.4 is 29.6 Å². The van der Waals surface area contributed by atoms with Gasteiger partial charge < -0.3 is 18.9 Å². The van der Waals surface area contributed by atoms with Crippen LogP contribution in [0.5, 0.6) is 23.0 Å². The van der Waals surface area contributed by atoms with E-state index in [0.717, 1.165) is 50.6 Å². The number of carbonyl (C=O) groups is 1. The lowest BCUT2D eigenvalue weighted by Gasteiger charge is -2.49. The number of ether oxygens (including phenoxy) is 4. The van der Waals surface area contributed by atoms with E-state index in [1.807, 2.05) is 76.2 Å². The van der Waals surface area contributed by atoms with Crippen LogP contribution in [0.3, 0.4) is 0 Å². The van der Waals surface area contributed by atoms with Crippen LogP contribution >= 0.6 is 17.2 Å². The fourth-order valence-corrected chi connectivity index (χ4v) is 11.8. The van der Waals surface area contributed by atoms with Gasteiger partial charge in [0.15, 0.2) is 0 Å². The molecule has 4 aromatic rings. The van der Waals surface area contributed by atoms with Gasteiger partial charge in [-0.2, -0.15) is 0 Å². The van der Waals surface area contributed by atoms with Gasteiger partial charge in [0.25, 0.3) is 0 Å². The monoisotopic (exact) mass is 742 g/mol. The summed E-state index contributed by atoms with van der Waals surface area (Å²) in [5.74, 6) is 3.79. The molecule has 0 aliphatic carbocycles. The normalized spacial score (nSPS) is 15.4. The molecule has 1 fully saturated rings. The molecule has 1 unspecified atom stereocenters. The first kappa shape index (κ1) is 41.4. The van der Waals surface area contributed by atoms with E-state index in [2.05, 4.69) is 101 Å². The maximum Gasteiger partial charge on any atom is 0.134 e. The third-order valence-electron chi connectivity index (χ3n) is 8.54. The molecule has 5 rings (SSSR count). The highest BCUT2D eigenvalue weighted by atomic mass is 31.1. The van der Waals surface area contributed by atoms with Gasteiger partial charge >= 0.3 is 0 Å². The van der Waals surface area contributed by atoms with E-state index in [-0.39, 0.29) is 34.7 Å². The molecule has 0 bridgehead atoms. The second kappa shape index (κ2) is 17.6. The lowest BCUT2D eigenvalue weighted by molar-refractivity contribution is -0.120. The summed E-state index contributed by atoms with van der Waals surface area (Å²) in [5, 5.41) is 2.31. The van der Waals surface area contributed by atoms with E-state index in [0.29, 0.717) is 18.6 Å². The third kappa shape index (κ3) is 10.4.